The molecule has 1 saturated heterocycles. The van der Waals surface area contributed by atoms with Crippen LogP contribution >= 0.6 is 0 Å². The molecule has 10 heteroatoms. The fraction of sp³-hybridized carbons (Fsp3) is 0.481. The number of primary amides is 1. The molecular weight excluding hydrogens is 472 g/mol. The first-order valence-electron chi connectivity index (χ1n) is 12.8. The van der Waals surface area contributed by atoms with E-state index in [1.54, 1.807) is 19.2 Å². The van der Waals surface area contributed by atoms with Gasteiger partial charge in [-0.15, -0.1) is 0 Å². The molecule has 196 valence electrons. The summed E-state index contributed by atoms with van der Waals surface area (Å²) in [6.45, 7) is 10.7. The van der Waals surface area contributed by atoms with Crippen LogP contribution in [0.2, 0.25) is 0 Å². The lowest BCUT2D eigenvalue weighted by Crippen LogP contribution is -2.45. The molecule has 1 amide bonds. The van der Waals surface area contributed by atoms with Gasteiger partial charge in [-0.05, 0) is 51.5 Å². The van der Waals surface area contributed by atoms with Gasteiger partial charge in [0.15, 0.2) is 17.3 Å². The first-order chi connectivity index (χ1) is 17.9. The smallest absolute Gasteiger partial charge is 0.251 e. The van der Waals surface area contributed by atoms with Gasteiger partial charge in [0.05, 0.1) is 38.0 Å². The van der Waals surface area contributed by atoms with E-state index in [1.807, 2.05) is 24.0 Å². The van der Waals surface area contributed by atoms with Crippen LogP contribution in [0.4, 0.5) is 5.69 Å². The van der Waals surface area contributed by atoms with Gasteiger partial charge >= 0.3 is 0 Å². The number of morpholine rings is 1. The number of pyridine rings is 1. The van der Waals surface area contributed by atoms with Crippen molar-refractivity contribution in [3.63, 3.8) is 0 Å². The van der Waals surface area contributed by atoms with Crippen LogP contribution in [0.15, 0.2) is 34.3 Å². The van der Waals surface area contributed by atoms with Crippen LogP contribution in [0, 0.1) is 6.92 Å². The largest absolute Gasteiger partial charge is 0.491 e. The number of carbonyl (C=O) groups excluding carboxylic acids is 1. The number of rotatable bonds is 8. The van der Waals surface area contributed by atoms with Crippen LogP contribution in [0.1, 0.15) is 47.6 Å². The third kappa shape index (κ3) is 5.03. The van der Waals surface area contributed by atoms with Crippen molar-refractivity contribution in [1.82, 2.24) is 14.8 Å². The number of hydrogen-bond donors (Lipinski definition) is 1. The van der Waals surface area contributed by atoms with Crippen molar-refractivity contribution in [2.45, 2.75) is 39.4 Å². The predicted octanol–water partition coefficient (Wildman–Crippen LogP) is 2.53. The molecule has 1 aromatic carbocycles. The first-order valence-corrected chi connectivity index (χ1v) is 12.8. The lowest BCUT2D eigenvalue weighted by Gasteiger charge is -2.35. The van der Waals surface area contributed by atoms with Gasteiger partial charge in [0, 0.05) is 37.4 Å². The van der Waals surface area contributed by atoms with Crippen LogP contribution in [0.25, 0.3) is 0 Å². The van der Waals surface area contributed by atoms with Crippen molar-refractivity contribution < 1.29 is 19.0 Å². The third-order valence-corrected chi connectivity index (χ3v) is 6.74. The normalized spacial score (nSPS) is 21.1. The molecule has 0 unspecified atom stereocenters. The van der Waals surface area contributed by atoms with E-state index >= 15 is 0 Å². The van der Waals surface area contributed by atoms with Crippen molar-refractivity contribution in [3.05, 3.63) is 46.8 Å². The Kier molecular flexibility index (Phi) is 7.12. The molecule has 5 rings (SSSR count). The Morgan fingerprint density at radius 2 is 1.95 bits per heavy atom. The zero-order valence-electron chi connectivity index (χ0n) is 21.9. The number of methoxy groups -OCH3 is 1. The number of hydrogen-bond acceptors (Lipinski definition) is 9. The summed E-state index contributed by atoms with van der Waals surface area (Å²) in [6, 6.07) is 7.34. The minimum Gasteiger partial charge on any atom is -0.491 e. The summed E-state index contributed by atoms with van der Waals surface area (Å²) in [5.41, 5.74) is 8.67. The van der Waals surface area contributed by atoms with Gasteiger partial charge in [-0.1, -0.05) is 0 Å². The van der Waals surface area contributed by atoms with Crippen molar-refractivity contribution in [2.24, 2.45) is 15.7 Å². The van der Waals surface area contributed by atoms with Crippen LogP contribution in [-0.2, 0) is 4.74 Å². The molecule has 2 atom stereocenters. The highest BCUT2D eigenvalue weighted by Crippen LogP contribution is 2.44. The zero-order valence-corrected chi connectivity index (χ0v) is 21.9. The number of amides is 1. The van der Waals surface area contributed by atoms with Gasteiger partial charge in [0.25, 0.3) is 5.91 Å². The van der Waals surface area contributed by atoms with E-state index < -0.39 is 5.91 Å². The number of carbonyl (C=O) groups is 1. The van der Waals surface area contributed by atoms with Crippen LogP contribution < -0.4 is 15.2 Å². The molecule has 0 bridgehead atoms. The molecule has 0 spiro atoms. The Hall–Kier alpha value is -3.50. The number of amidine groups is 2. The fourth-order valence-electron chi connectivity index (χ4n) is 5.25. The highest BCUT2D eigenvalue weighted by Gasteiger charge is 2.35. The summed E-state index contributed by atoms with van der Waals surface area (Å²) in [7, 11) is 1.61. The van der Waals surface area contributed by atoms with Gasteiger partial charge in [-0.2, -0.15) is 0 Å². The zero-order chi connectivity index (χ0) is 26.1. The van der Waals surface area contributed by atoms with Gasteiger partial charge in [-0.3, -0.25) is 14.7 Å². The summed E-state index contributed by atoms with van der Waals surface area (Å²) in [5.74, 6) is 1.91. The Labute approximate surface area is 217 Å². The van der Waals surface area contributed by atoms with Gasteiger partial charge in [-0.25, -0.2) is 9.98 Å². The Balaban J connectivity index is 1.42. The molecule has 3 aliphatic heterocycles. The van der Waals surface area contributed by atoms with Crippen molar-refractivity contribution >= 4 is 23.3 Å². The number of benzene rings is 1. The van der Waals surface area contributed by atoms with Crippen molar-refractivity contribution in [2.75, 3.05) is 46.4 Å². The van der Waals surface area contributed by atoms with Crippen LogP contribution in [0.5, 0.6) is 11.5 Å². The summed E-state index contributed by atoms with van der Waals surface area (Å²) in [5, 5.41) is 0. The minimum atomic E-state index is -0.554. The lowest BCUT2D eigenvalue weighted by molar-refractivity contribution is -0.0686. The number of aromatic nitrogens is 1. The second-order valence-electron chi connectivity index (χ2n) is 9.72. The second kappa shape index (κ2) is 10.5. The molecule has 2 aromatic rings. The van der Waals surface area contributed by atoms with E-state index in [2.05, 4.69) is 23.7 Å². The molecule has 2 N–H and O–H groups in total. The molecule has 4 heterocycles. The molecule has 37 heavy (non-hydrogen) atoms. The van der Waals surface area contributed by atoms with Crippen LogP contribution in [0.3, 0.4) is 0 Å². The SMILES string of the molecule is COc1c(OCCCN2C[C@@H](C)O[C@@H](C)C2)ccc2c1N=C(c1nc(C)ccc1C(N)=O)N1CCN=C21. The maximum absolute atomic E-state index is 12.2. The monoisotopic (exact) mass is 506 g/mol. The number of aliphatic imine (C=N–C) groups is 2. The average molecular weight is 507 g/mol. The maximum Gasteiger partial charge on any atom is 0.251 e. The Morgan fingerprint density at radius 1 is 1.16 bits per heavy atom. The van der Waals surface area contributed by atoms with Gasteiger partial charge < -0.3 is 24.8 Å². The van der Waals surface area contributed by atoms with E-state index in [1.165, 1.54) is 0 Å². The minimum absolute atomic E-state index is 0.244. The lowest BCUT2D eigenvalue weighted by atomic mass is 10.0. The van der Waals surface area contributed by atoms with Crippen molar-refractivity contribution in [3.8, 4) is 11.5 Å². The molecule has 0 radical (unpaired) electrons. The number of aryl methyl sites for hydroxylation is 1. The summed E-state index contributed by atoms with van der Waals surface area (Å²) < 4.78 is 17.8. The quantitative estimate of drug-likeness (QED) is 0.547. The standard InChI is InChI=1S/C27H34N6O4/c1-16-6-7-19(25(28)34)23(30-16)27-31-22-20(26-29-10-12-33(26)27)8-9-21(24(22)35-4)36-13-5-11-32-14-17(2)37-18(3)15-32/h6-9,17-18H,5,10-15H2,1-4H3,(H2,28,34)/t17-,18+. The molecule has 0 saturated carbocycles. The number of nitrogens with zero attached hydrogens (tertiary/aromatic N) is 5. The van der Waals surface area contributed by atoms with Gasteiger partial charge in [0.1, 0.15) is 17.2 Å². The third-order valence-electron chi connectivity index (χ3n) is 6.74. The molecule has 1 aromatic heterocycles. The fourth-order valence-corrected chi connectivity index (χ4v) is 5.25. The molecule has 10 nitrogen and oxygen atoms in total. The van der Waals surface area contributed by atoms with E-state index in [0.29, 0.717) is 54.0 Å². The van der Waals surface area contributed by atoms with Crippen molar-refractivity contribution in [1.29, 1.82) is 0 Å². The van der Waals surface area contributed by atoms with E-state index in [4.69, 9.17) is 29.9 Å². The number of fused-ring (bicyclic) bond motifs is 3. The van der Waals surface area contributed by atoms with E-state index in [-0.39, 0.29) is 12.2 Å². The van der Waals surface area contributed by atoms with Crippen LogP contribution in [-0.4, -0.2) is 91.0 Å². The first kappa shape index (κ1) is 25.2. The van der Waals surface area contributed by atoms with Gasteiger partial charge in [0.2, 0.25) is 0 Å². The maximum atomic E-state index is 12.2. The van der Waals surface area contributed by atoms with E-state index in [9.17, 15) is 4.79 Å². The average Bonchev–Trinajstić information content (AvgIpc) is 3.35. The number of nitrogens with two attached hydrogens (primary N) is 1. The topological polar surface area (TPSA) is 115 Å². The molecule has 3 aliphatic rings. The highest BCUT2D eigenvalue weighted by atomic mass is 16.5. The summed E-state index contributed by atoms with van der Waals surface area (Å²) in [4.78, 5) is 30.9. The molecule has 0 aliphatic carbocycles. The molecule has 1 fully saturated rings. The highest BCUT2D eigenvalue weighted by molar-refractivity contribution is 6.22. The second-order valence-corrected chi connectivity index (χ2v) is 9.72. The predicted molar refractivity (Wildman–Crippen MR) is 141 cm³/mol. The summed E-state index contributed by atoms with van der Waals surface area (Å²) in [6.07, 6.45) is 1.37. The van der Waals surface area contributed by atoms with E-state index in [0.717, 1.165) is 43.1 Å². The Bertz CT molecular complexity index is 1250. The number of ether oxygens (including phenoxy) is 3. The Morgan fingerprint density at radius 3 is 2.68 bits per heavy atom. The molecular formula is C27H34N6O4. The summed E-state index contributed by atoms with van der Waals surface area (Å²) >= 11 is 0.